The fraction of sp³-hybridized carbons (Fsp3) is 0.100. The lowest BCUT2D eigenvalue weighted by Gasteiger charge is -2.13. The molecule has 0 saturated heterocycles. The number of carboxylic acid groups (broad SMARTS) is 1. The van der Waals surface area contributed by atoms with Crippen LogP contribution in [0.2, 0.25) is 5.02 Å². The third-order valence-electron chi connectivity index (χ3n) is 1.76. The van der Waals surface area contributed by atoms with Gasteiger partial charge in [0.25, 0.3) is 0 Å². The number of hydrogen-bond donors (Lipinski definition) is 2. The molecule has 0 saturated carbocycles. The maximum Gasteiger partial charge on any atom is 0.330 e. The maximum absolute atomic E-state index is 10.7. The molecule has 0 heterocycles. The van der Waals surface area contributed by atoms with Crippen LogP contribution >= 0.6 is 27.5 Å². The van der Waals surface area contributed by atoms with Crippen LogP contribution in [-0.4, -0.2) is 17.1 Å². The predicted molar refractivity (Wildman–Crippen MR) is 64.4 cm³/mol. The average Bonchev–Trinajstić information content (AvgIpc) is 2.19. The molecular formula is C10H9BrClNO2. The van der Waals surface area contributed by atoms with Gasteiger partial charge in [0.1, 0.15) is 6.04 Å². The van der Waals surface area contributed by atoms with Crippen LogP contribution < -0.4 is 5.32 Å². The van der Waals surface area contributed by atoms with Crippen LogP contribution in [0.4, 0.5) is 5.69 Å². The zero-order valence-electron chi connectivity index (χ0n) is 7.71. The minimum atomic E-state index is -0.989. The highest BCUT2D eigenvalue weighted by Crippen LogP contribution is 2.30. The minimum absolute atomic E-state index is 0.521. The Morgan fingerprint density at radius 2 is 2.33 bits per heavy atom. The van der Waals surface area contributed by atoms with Crippen molar-refractivity contribution in [1.29, 1.82) is 0 Å². The van der Waals surface area contributed by atoms with E-state index in [4.69, 9.17) is 16.7 Å². The first-order chi connectivity index (χ1) is 7.06. The number of benzene rings is 1. The van der Waals surface area contributed by atoms with Crippen molar-refractivity contribution >= 4 is 39.2 Å². The van der Waals surface area contributed by atoms with E-state index in [0.29, 0.717) is 15.2 Å². The molecule has 1 atom stereocenters. The van der Waals surface area contributed by atoms with Crippen molar-refractivity contribution < 1.29 is 9.90 Å². The highest BCUT2D eigenvalue weighted by Gasteiger charge is 2.14. The van der Waals surface area contributed by atoms with E-state index < -0.39 is 12.0 Å². The summed E-state index contributed by atoms with van der Waals surface area (Å²) >= 11 is 9.13. The molecule has 0 radical (unpaired) electrons. The fourth-order valence-electron chi connectivity index (χ4n) is 1.00. The average molecular weight is 291 g/mol. The summed E-state index contributed by atoms with van der Waals surface area (Å²) in [6, 6.07) is 4.34. The monoisotopic (exact) mass is 289 g/mol. The molecule has 1 rings (SSSR count). The summed E-state index contributed by atoms with van der Waals surface area (Å²) in [6.45, 7) is 3.44. The van der Waals surface area contributed by atoms with E-state index in [1.54, 1.807) is 18.2 Å². The normalized spacial score (nSPS) is 11.9. The Bertz CT molecular complexity index is 395. The molecule has 0 bridgehead atoms. The number of hydrogen-bond acceptors (Lipinski definition) is 2. The lowest BCUT2D eigenvalue weighted by Crippen LogP contribution is -2.26. The van der Waals surface area contributed by atoms with Gasteiger partial charge in [-0.3, -0.25) is 0 Å². The van der Waals surface area contributed by atoms with Gasteiger partial charge in [0.15, 0.2) is 0 Å². The van der Waals surface area contributed by atoms with E-state index in [0.717, 1.165) is 0 Å². The minimum Gasteiger partial charge on any atom is -0.479 e. The topological polar surface area (TPSA) is 49.3 Å². The van der Waals surface area contributed by atoms with E-state index >= 15 is 0 Å². The molecule has 1 unspecified atom stereocenters. The van der Waals surface area contributed by atoms with Gasteiger partial charge in [0, 0.05) is 0 Å². The fourth-order valence-corrected chi connectivity index (χ4v) is 1.56. The van der Waals surface area contributed by atoms with Gasteiger partial charge in [0.05, 0.1) is 15.2 Å². The molecule has 5 heteroatoms. The van der Waals surface area contributed by atoms with Gasteiger partial charge >= 0.3 is 5.97 Å². The Morgan fingerprint density at radius 1 is 1.67 bits per heavy atom. The summed E-state index contributed by atoms with van der Waals surface area (Å²) in [5.41, 5.74) is 0.620. The Balaban J connectivity index is 2.93. The van der Waals surface area contributed by atoms with E-state index in [1.807, 2.05) is 0 Å². The summed E-state index contributed by atoms with van der Waals surface area (Å²) in [5.74, 6) is -0.989. The Kier molecular flexibility index (Phi) is 4.17. The molecule has 3 nitrogen and oxygen atoms in total. The van der Waals surface area contributed by atoms with E-state index in [9.17, 15) is 4.79 Å². The van der Waals surface area contributed by atoms with Crippen molar-refractivity contribution in [1.82, 2.24) is 0 Å². The van der Waals surface area contributed by atoms with Crippen LogP contribution in [0.3, 0.4) is 0 Å². The second-order valence-electron chi connectivity index (χ2n) is 2.80. The number of anilines is 1. The predicted octanol–water partition coefficient (Wildman–Crippen LogP) is 3.15. The molecule has 15 heavy (non-hydrogen) atoms. The van der Waals surface area contributed by atoms with E-state index in [1.165, 1.54) is 6.08 Å². The van der Waals surface area contributed by atoms with Crippen molar-refractivity contribution in [3.8, 4) is 0 Å². The van der Waals surface area contributed by atoms with Crippen molar-refractivity contribution in [3.63, 3.8) is 0 Å². The van der Waals surface area contributed by atoms with Crippen molar-refractivity contribution in [3.05, 3.63) is 40.3 Å². The zero-order valence-corrected chi connectivity index (χ0v) is 10.0. The van der Waals surface area contributed by atoms with Crippen LogP contribution in [0.5, 0.6) is 0 Å². The third kappa shape index (κ3) is 2.97. The lowest BCUT2D eigenvalue weighted by molar-refractivity contribution is -0.136. The van der Waals surface area contributed by atoms with Crippen LogP contribution in [0.15, 0.2) is 35.3 Å². The summed E-state index contributed by atoms with van der Waals surface area (Å²) < 4.78 is 0.639. The summed E-state index contributed by atoms with van der Waals surface area (Å²) in [6.07, 6.45) is 1.32. The Morgan fingerprint density at radius 3 is 2.87 bits per heavy atom. The number of halogens is 2. The molecule has 2 N–H and O–H groups in total. The van der Waals surface area contributed by atoms with Crippen LogP contribution in [0.25, 0.3) is 0 Å². The first-order valence-corrected chi connectivity index (χ1v) is 5.29. The van der Waals surface area contributed by atoms with Gasteiger partial charge in [-0.25, -0.2) is 4.79 Å². The number of aliphatic carboxylic acids is 1. The molecular weight excluding hydrogens is 281 g/mol. The van der Waals surface area contributed by atoms with Crippen molar-refractivity contribution in [2.24, 2.45) is 0 Å². The number of rotatable bonds is 4. The number of carbonyl (C=O) groups is 1. The van der Waals surface area contributed by atoms with Crippen molar-refractivity contribution in [2.75, 3.05) is 5.32 Å². The first kappa shape index (κ1) is 12.1. The highest BCUT2D eigenvalue weighted by molar-refractivity contribution is 9.10. The van der Waals surface area contributed by atoms with E-state index in [-0.39, 0.29) is 0 Å². The van der Waals surface area contributed by atoms with Gasteiger partial charge in [-0.2, -0.15) is 0 Å². The summed E-state index contributed by atoms with van der Waals surface area (Å²) in [4.78, 5) is 10.7. The van der Waals surface area contributed by atoms with E-state index in [2.05, 4.69) is 27.8 Å². The molecule has 1 aromatic rings. The zero-order chi connectivity index (χ0) is 11.4. The Hall–Kier alpha value is -1.00. The summed E-state index contributed by atoms with van der Waals surface area (Å²) in [5, 5.41) is 12.1. The van der Waals surface area contributed by atoms with Gasteiger partial charge in [-0.1, -0.05) is 23.7 Å². The second-order valence-corrected chi connectivity index (χ2v) is 4.00. The Labute approximate surface area is 101 Å². The number of carboxylic acids is 1. The van der Waals surface area contributed by atoms with Gasteiger partial charge in [-0.15, -0.1) is 6.58 Å². The van der Waals surface area contributed by atoms with Gasteiger partial charge < -0.3 is 10.4 Å². The van der Waals surface area contributed by atoms with Crippen LogP contribution in [0.1, 0.15) is 0 Å². The molecule has 0 amide bonds. The molecule has 0 aliphatic heterocycles. The smallest absolute Gasteiger partial charge is 0.330 e. The quantitative estimate of drug-likeness (QED) is 0.838. The number of nitrogens with one attached hydrogen (secondary N) is 1. The SMILES string of the molecule is C=CC(Nc1cccc(Cl)c1Br)C(=O)O. The van der Waals surface area contributed by atoms with Gasteiger partial charge in [-0.05, 0) is 28.1 Å². The molecule has 0 spiro atoms. The molecule has 0 aromatic heterocycles. The standard InChI is InChI=1S/C10H9BrClNO2/c1-2-7(10(14)15)13-8-5-3-4-6(12)9(8)11/h2-5,7,13H,1H2,(H,14,15). The maximum atomic E-state index is 10.7. The molecule has 0 fully saturated rings. The molecule has 1 aromatic carbocycles. The molecule has 0 aliphatic rings. The highest BCUT2D eigenvalue weighted by atomic mass is 79.9. The van der Waals surface area contributed by atoms with Crippen molar-refractivity contribution in [2.45, 2.75) is 6.04 Å². The second kappa shape index (κ2) is 5.19. The van der Waals surface area contributed by atoms with Crippen LogP contribution in [0, 0.1) is 0 Å². The van der Waals surface area contributed by atoms with Crippen LogP contribution in [-0.2, 0) is 4.79 Å². The van der Waals surface area contributed by atoms with Gasteiger partial charge in [0.2, 0.25) is 0 Å². The first-order valence-electron chi connectivity index (χ1n) is 4.12. The summed E-state index contributed by atoms with van der Waals surface area (Å²) in [7, 11) is 0. The largest absolute Gasteiger partial charge is 0.479 e. The third-order valence-corrected chi connectivity index (χ3v) is 3.16. The lowest BCUT2D eigenvalue weighted by atomic mass is 10.2. The molecule has 0 aliphatic carbocycles. The molecule has 80 valence electrons.